The summed E-state index contributed by atoms with van der Waals surface area (Å²) in [6, 6.07) is 8.25. The molecule has 5 heteroatoms. The first-order chi connectivity index (χ1) is 10.7. The summed E-state index contributed by atoms with van der Waals surface area (Å²) in [5.41, 5.74) is 2.34. The number of rotatable bonds is 6. The lowest BCUT2D eigenvalue weighted by Gasteiger charge is -2.26. The van der Waals surface area contributed by atoms with Crippen molar-refractivity contribution in [3.05, 3.63) is 35.6 Å². The van der Waals surface area contributed by atoms with Crippen molar-refractivity contribution in [2.75, 3.05) is 19.6 Å². The number of para-hydroxylation sites is 1. The van der Waals surface area contributed by atoms with Gasteiger partial charge in [-0.05, 0) is 25.5 Å². The maximum absolute atomic E-state index is 10.3. The number of benzene rings is 1. The molecule has 0 atom stereocenters. The van der Waals surface area contributed by atoms with Crippen LogP contribution < -0.4 is 5.32 Å². The maximum atomic E-state index is 10.3. The summed E-state index contributed by atoms with van der Waals surface area (Å²) in [7, 11) is 0. The Morgan fingerprint density at radius 3 is 3.00 bits per heavy atom. The number of nitrogens with one attached hydrogen (secondary N) is 1. The van der Waals surface area contributed by atoms with Crippen LogP contribution in [0.5, 0.6) is 0 Å². The minimum Gasteiger partial charge on any atom is -0.465 e. The molecule has 2 heterocycles. The normalized spacial score (nSPS) is 14.9. The zero-order valence-electron chi connectivity index (χ0n) is 12.7. The number of unbranched alkanes of at least 4 members (excludes halogenated alkanes) is 2. The van der Waals surface area contributed by atoms with Gasteiger partial charge in [0.25, 0.3) is 0 Å². The van der Waals surface area contributed by atoms with Crippen molar-refractivity contribution in [3.8, 4) is 0 Å². The van der Waals surface area contributed by atoms with Gasteiger partial charge in [-0.25, -0.2) is 4.79 Å². The number of carbonyl (C=O) groups is 1. The molecule has 0 unspecified atom stereocenters. The summed E-state index contributed by atoms with van der Waals surface area (Å²) in [5, 5.41) is 12.2. The van der Waals surface area contributed by atoms with Gasteiger partial charge in [-0.2, -0.15) is 0 Å². The highest BCUT2D eigenvalue weighted by Crippen LogP contribution is 2.30. The third kappa shape index (κ3) is 3.42. The molecule has 1 aliphatic rings. The average molecular weight is 302 g/mol. The number of hydrogen-bond acceptors (Lipinski definition) is 3. The first kappa shape index (κ1) is 14.9. The van der Waals surface area contributed by atoms with E-state index < -0.39 is 6.09 Å². The van der Waals surface area contributed by atoms with Gasteiger partial charge >= 0.3 is 6.09 Å². The molecule has 3 rings (SSSR count). The Morgan fingerprint density at radius 2 is 2.14 bits per heavy atom. The van der Waals surface area contributed by atoms with E-state index in [0.717, 1.165) is 56.7 Å². The predicted octanol–water partition coefficient (Wildman–Crippen LogP) is 3.23. The summed E-state index contributed by atoms with van der Waals surface area (Å²) < 4.78 is 5.93. The van der Waals surface area contributed by atoms with Gasteiger partial charge in [0, 0.05) is 37.0 Å². The molecular weight excluding hydrogens is 280 g/mol. The van der Waals surface area contributed by atoms with Crippen molar-refractivity contribution >= 4 is 17.1 Å². The molecule has 2 aromatic rings. The molecule has 2 N–H and O–H groups in total. The fourth-order valence-electron chi connectivity index (χ4n) is 3.11. The SMILES string of the molecule is O=C(O)NCCCCCN1CCc2oc3ccccc3c2C1. The first-order valence-electron chi connectivity index (χ1n) is 7.92. The van der Waals surface area contributed by atoms with Crippen LogP contribution in [-0.4, -0.2) is 35.7 Å². The summed E-state index contributed by atoms with van der Waals surface area (Å²) in [6.07, 6.45) is 3.10. The lowest BCUT2D eigenvalue weighted by molar-refractivity contribution is 0.194. The van der Waals surface area contributed by atoms with Gasteiger partial charge in [0.1, 0.15) is 11.3 Å². The lowest BCUT2D eigenvalue weighted by Crippen LogP contribution is -2.31. The lowest BCUT2D eigenvalue weighted by atomic mass is 10.0. The van der Waals surface area contributed by atoms with Gasteiger partial charge in [-0.15, -0.1) is 0 Å². The number of fused-ring (bicyclic) bond motifs is 3. The number of furan rings is 1. The molecule has 1 amide bonds. The smallest absolute Gasteiger partial charge is 0.404 e. The van der Waals surface area contributed by atoms with E-state index in [-0.39, 0.29) is 0 Å². The molecular formula is C17H22N2O3. The Hall–Kier alpha value is -2.01. The Kier molecular flexibility index (Phi) is 4.63. The highest BCUT2D eigenvalue weighted by molar-refractivity contribution is 5.82. The largest absolute Gasteiger partial charge is 0.465 e. The number of amides is 1. The third-order valence-electron chi connectivity index (χ3n) is 4.25. The summed E-state index contributed by atoms with van der Waals surface area (Å²) in [5.74, 6) is 1.14. The summed E-state index contributed by atoms with van der Waals surface area (Å²) >= 11 is 0. The molecule has 5 nitrogen and oxygen atoms in total. The van der Waals surface area contributed by atoms with Crippen LogP contribution in [0.3, 0.4) is 0 Å². The molecule has 22 heavy (non-hydrogen) atoms. The first-order valence-corrected chi connectivity index (χ1v) is 7.92. The van der Waals surface area contributed by atoms with E-state index in [1.165, 1.54) is 10.9 Å². The van der Waals surface area contributed by atoms with Gasteiger partial charge in [-0.1, -0.05) is 24.6 Å². The van der Waals surface area contributed by atoms with Crippen molar-refractivity contribution in [2.45, 2.75) is 32.2 Å². The molecule has 1 aromatic carbocycles. The third-order valence-corrected chi connectivity index (χ3v) is 4.25. The van der Waals surface area contributed by atoms with E-state index in [1.54, 1.807) is 0 Å². The second-order valence-corrected chi connectivity index (χ2v) is 5.82. The molecule has 0 saturated heterocycles. The van der Waals surface area contributed by atoms with Crippen molar-refractivity contribution in [2.24, 2.45) is 0 Å². The average Bonchev–Trinajstić information content (AvgIpc) is 2.88. The highest BCUT2D eigenvalue weighted by Gasteiger charge is 2.21. The van der Waals surface area contributed by atoms with Crippen LogP contribution in [0.15, 0.2) is 28.7 Å². The molecule has 0 spiro atoms. The van der Waals surface area contributed by atoms with Crippen LogP contribution in [0.4, 0.5) is 4.79 Å². The van der Waals surface area contributed by atoms with Gasteiger partial charge in [0.15, 0.2) is 0 Å². The van der Waals surface area contributed by atoms with E-state index in [9.17, 15) is 4.79 Å². The zero-order valence-corrected chi connectivity index (χ0v) is 12.7. The molecule has 0 aliphatic carbocycles. The van der Waals surface area contributed by atoms with Crippen molar-refractivity contribution in [3.63, 3.8) is 0 Å². The minimum atomic E-state index is -0.935. The molecule has 1 aliphatic heterocycles. The molecule has 118 valence electrons. The Morgan fingerprint density at radius 1 is 1.27 bits per heavy atom. The molecule has 0 fully saturated rings. The van der Waals surface area contributed by atoms with Gasteiger partial charge in [-0.3, -0.25) is 4.90 Å². The standard InChI is InChI=1S/C17H22N2O3/c20-17(21)18-9-4-1-5-10-19-11-8-16-14(12-19)13-6-2-3-7-15(13)22-16/h2-3,6-7,18H,1,4-5,8-12H2,(H,20,21). The van der Waals surface area contributed by atoms with Crippen LogP contribution in [0.1, 0.15) is 30.6 Å². The summed E-state index contributed by atoms with van der Waals surface area (Å²) in [4.78, 5) is 12.8. The van der Waals surface area contributed by atoms with E-state index in [0.29, 0.717) is 6.54 Å². The van der Waals surface area contributed by atoms with E-state index in [2.05, 4.69) is 22.3 Å². The number of hydrogen-bond donors (Lipinski definition) is 2. The second-order valence-electron chi connectivity index (χ2n) is 5.82. The molecule has 1 aromatic heterocycles. The van der Waals surface area contributed by atoms with E-state index >= 15 is 0 Å². The van der Waals surface area contributed by atoms with E-state index in [1.807, 2.05) is 12.1 Å². The Labute approximate surface area is 129 Å². The van der Waals surface area contributed by atoms with Crippen LogP contribution in [0.25, 0.3) is 11.0 Å². The molecule has 0 radical (unpaired) electrons. The van der Waals surface area contributed by atoms with Crippen molar-refractivity contribution < 1.29 is 14.3 Å². The van der Waals surface area contributed by atoms with Crippen LogP contribution >= 0.6 is 0 Å². The highest BCUT2D eigenvalue weighted by atomic mass is 16.4. The predicted molar refractivity (Wildman–Crippen MR) is 85.1 cm³/mol. The van der Waals surface area contributed by atoms with Crippen LogP contribution in [0, 0.1) is 0 Å². The van der Waals surface area contributed by atoms with E-state index in [4.69, 9.17) is 9.52 Å². The summed E-state index contributed by atoms with van der Waals surface area (Å²) in [6.45, 7) is 3.61. The van der Waals surface area contributed by atoms with Gasteiger partial charge in [0.05, 0.1) is 0 Å². The van der Waals surface area contributed by atoms with Crippen molar-refractivity contribution in [1.82, 2.24) is 10.2 Å². The van der Waals surface area contributed by atoms with Crippen LogP contribution in [-0.2, 0) is 13.0 Å². The fraction of sp³-hybridized carbons (Fsp3) is 0.471. The Balaban J connectivity index is 1.48. The molecule has 0 bridgehead atoms. The minimum absolute atomic E-state index is 0.547. The topological polar surface area (TPSA) is 65.7 Å². The van der Waals surface area contributed by atoms with Gasteiger partial charge < -0.3 is 14.8 Å². The Bertz CT molecular complexity index is 650. The quantitative estimate of drug-likeness (QED) is 0.804. The van der Waals surface area contributed by atoms with Crippen molar-refractivity contribution in [1.29, 1.82) is 0 Å². The second kappa shape index (κ2) is 6.83. The van der Waals surface area contributed by atoms with Crippen LogP contribution in [0.2, 0.25) is 0 Å². The van der Waals surface area contributed by atoms with Gasteiger partial charge in [0.2, 0.25) is 0 Å². The zero-order chi connectivity index (χ0) is 15.4. The fourth-order valence-corrected chi connectivity index (χ4v) is 3.11. The monoisotopic (exact) mass is 302 g/mol. The molecule has 0 saturated carbocycles. The number of carboxylic acid groups (broad SMARTS) is 1. The maximum Gasteiger partial charge on any atom is 0.404 e. The number of nitrogens with zero attached hydrogens (tertiary/aromatic N) is 1.